The summed E-state index contributed by atoms with van der Waals surface area (Å²) >= 11 is 1.46. The van der Waals surface area contributed by atoms with Crippen LogP contribution in [-0.2, 0) is 11.3 Å². The maximum Gasteiger partial charge on any atom is 0.259 e. The second kappa shape index (κ2) is 7.70. The van der Waals surface area contributed by atoms with Gasteiger partial charge in [0.15, 0.2) is 4.96 Å². The SMILES string of the molecule is CCCC(=O)Nc1cccc(NCc2cc(=O)n3c(C)csc3n2)c1C. The number of carbonyl (C=O) groups excluding carboxylic acids is 1. The van der Waals surface area contributed by atoms with E-state index in [1.54, 1.807) is 10.5 Å². The summed E-state index contributed by atoms with van der Waals surface area (Å²) in [5.74, 6) is 0.0148. The molecule has 0 fully saturated rings. The number of benzene rings is 1. The van der Waals surface area contributed by atoms with Crippen molar-refractivity contribution in [2.45, 2.75) is 40.2 Å². The molecule has 0 atom stereocenters. The third-order valence-electron chi connectivity index (χ3n) is 4.17. The summed E-state index contributed by atoms with van der Waals surface area (Å²) in [6, 6.07) is 7.29. The molecule has 0 bridgehead atoms. The van der Waals surface area contributed by atoms with Gasteiger partial charge in [-0.05, 0) is 38.0 Å². The molecule has 2 aromatic heterocycles. The molecule has 7 heteroatoms. The molecule has 0 saturated carbocycles. The fourth-order valence-corrected chi connectivity index (χ4v) is 3.67. The molecule has 0 aliphatic carbocycles. The molecule has 26 heavy (non-hydrogen) atoms. The molecule has 0 spiro atoms. The highest BCUT2D eigenvalue weighted by Crippen LogP contribution is 2.24. The number of aromatic nitrogens is 2. The molecule has 3 aromatic rings. The van der Waals surface area contributed by atoms with Crippen molar-refractivity contribution < 1.29 is 4.79 Å². The number of rotatable bonds is 6. The summed E-state index contributed by atoms with van der Waals surface area (Å²) in [4.78, 5) is 29.3. The first-order valence-electron chi connectivity index (χ1n) is 8.59. The molecule has 0 unspecified atom stereocenters. The highest BCUT2D eigenvalue weighted by molar-refractivity contribution is 7.15. The maximum absolute atomic E-state index is 12.3. The van der Waals surface area contributed by atoms with Gasteiger partial charge in [-0.15, -0.1) is 11.3 Å². The van der Waals surface area contributed by atoms with Gasteiger partial charge in [0.1, 0.15) is 0 Å². The van der Waals surface area contributed by atoms with E-state index in [-0.39, 0.29) is 11.5 Å². The Labute approximate surface area is 155 Å². The van der Waals surface area contributed by atoms with E-state index < -0.39 is 0 Å². The smallest absolute Gasteiger partial charge is 0.259 e. The lowest BCUT2D eigenvalue weighted by atomic mass is 10.1. The standard InChI is InChI=1S/C19H22N4O2S/c1-4-6-17(24)22-16-8-5-7-15(13(16)3)20-10-14-9-18(25)23-12(2)11-26-19(23)21-14/h5,7-9,11,20H,4,6,10H2,1-3H3,(H,22,24). The second-order valence-electron chi connectivity index (χ2n) is 6.21. The van der Waals surface area contributed by atoms with Gasteiger partial charge >= 0.3 is 0 Å². The van der Waals surface area contributed by atoms with Crippen LogP contribution in [0.3, 0.4) is 0 Å². The number of nitrogens with one attached hydrogen (secondary N) is 2. The van der Waals surface area contributed by atoms with Crippen LogP contribution < -0.4 is 16.2 Å². The van der Waals surface area contributed by atoms with Crippen LogP contribution >= 0.6 is 11.3 Å². The van der Waals surface area contributed by atoms with Crippen molar-refractivity contribution in [2.75, 3.05) is 10.6 Å². The van der Waals surface area contributed by atoms with Crippen molar-refractivity contribution in [3.63, 3.8) is 0 Å². The zero-order valence-corrected chi connectivity index (χ0v) is 15.9. The molecule has 0 aliphatic heterocycles. The van der Waals surface area contributed by atoms with Crippen molar-refractivity contribution in [3.8, 4) is 0 Å². The van der Waals surface area contributed by atoms with E-state index >= 15 is 0 Å². The highest BCUT2D eigenvalue weighted by Gasteiger charge is 2.09. The van der Waals surface area contributed by atoms with E-state index in [4.69, 9.17) is 0 Å². The maximum atomic E-state index is 12.3. The Hall–Kier alpha value is -2.67. The monoisotopic (exact) mass is 370 g/mol. The quantitative estimate of drug-likeness (QED) is 0.693. The summed E-state index contributed by atoms with van der Waals surface area (Å²) < 4.78 is 1.61. The van der Waals surface area contributed by atoms with Gasteiger partial charge in [-0.3, -0.25) is 14.0 Å². The molecule has 0 saturated heterocycles. The Kier molecular flexibility index (Phi) is 5.37. The third-order valence-corrected chi connectivity index (χ3v) is 5.12. The van der Waals surface area contributed by atoms with Gasteiger partial charge in [0.05, 0.1) is 12.2 Å². The number of hydrogen-bond donors (Lipinski definition) is 2. The van der Waals surface area contributed by atoms with E-state index in [0.29, 0.717) is 23.6 Å². The molecule has 2 heterocycles. The van der Waals surface area contributed by atoms with Crippen LogP contribution in [0.15, 0.2) is 34.4 Å². The Bertz CT molecular complexity index is 1010. The van der Waals surface area contributed by atoms with Crippen molar-refractivity contribution in [1.82, 2.24) is 9.38 Å². The Balaban J connectivity index is 1.78. The zero-order valence-electron chi connectivity index (χ0n) is 15.1. The number of hydrogen-bond acceptors (Lipinski definition) is 5. The largest absolute Gasteiger partial charge is 0.379 e. The number of amides is 1. The number of anilines is 2. The van der Waals surface area contributed by atoms with Gasteiger partial charge in [0, 0.05) is 34.9 Å². The minimum absolute atomic E-state index is 0.0148. The van der Waals surface area contributed by atoms with Crippen molar-refractivity contribution in [3.05, 3.63) is 57.0 Å². The van der Waals surface area contributed by atoms with Crippen LogP contribution in [-0.4, -0.2) is 15.3 Å². The second-order valence-corrected chi connectivity index (χ2v) is 7.05. The van der Waals surface area contributed by atoms with Gasteiger partial charge < -0.3 is 10.6 Å². The highest BCUT2D eigenvalue weighted by atomic mass is 32.1. The van der Waals surface area contributed by atoms with Crippen molar-refractivity contribution >= 4 is 33.6 Å². The van der Waals surface area contributed by atoms with Gasteiger partial charge in [0.2, 0.25) is 5.91 Å². The number of nitrogens with zero attached hydrogens (tertiary/aromatic N) is 2. The molecule has 1 aromatic carbocycles. The topological polar surface area (TPSA) is 75.5 Å². The molecular formula is C19H22N4O2S. The molecule has 0 radical (unpaired) electrons. The lowest BCUT2D eigenvalue weighted by Crippen LogP contribution is -2.16. The summed E-state index contributed by atoms with van der Waals surface area (Å²) in [5.41, 5.74) is 4.18. The van der Waals surface area contributed by atoms with Gasteiger partial charge in [-0.1, -0.05) is 13.0 Å². The van der Waals surface area contributed by atoms with E-state index in [1.807, 2.05) is 44.4 Å². The van der Waals surface area contributed by atoms with Gasteiger partial charge in [-0.2, -0.15) is 0 Å². The van der Waals surface area contributed by atoms with Gasteiger partial charge in [0.25, 0.3) is 5.56 Å². The molecule has 2 N–H and O–H groups in total. The number of fused-ring (bicyclic) bond motifs is 1. The van der Waals surface area contributed by atoms with E-state index in [0.717, 1.165) is 29.1 Å². The van der Waals surface area contributed by atoms with E-state index in [1.165, 1.54) is 11.3 Å². The molecule has 6 nitrogen and oxygen atoms in total. The number of aryl methyl sites for hydroxylation is 1. The normalized spacial score (nSPS) is 10.9. The summed E-state index contributed by atoms with van der Waals surface area (Å²) in [6.45, 7) is 6.27. The average Bonchev–Trinajstić information content (AvgIpc) is 2.97. The van der Waals surface area contributed by atoms with Crippen molar-refractivity contribution in [2.24, 2.45) is 0 Å². The summed E-state index contributed by atoms with van der Waals surface area (Å²) in [5, 5.41) is 8.18. The average molecular weight is 370 g/mol. The predicted octanol–water partition coefficient (Wildman–Crippen LogP) is 3.72. The molecular weight excluding hydrogens is 348 g/mol. The van der Waals surface area contributed by atoms with Gasteiger partial charge in [-0.25, -0.2) is 4.98 Å². The Morgan fingerprint density at radius 1 is 1.27 bits per heavy atom. The first kappa shape index (κ1) is 18.1. The molecule has 3 rings (SSSR count). The van der Waals surface area contributed by atoms with E-state index in [2.05, 4.69) is 15.6 Å². The van der Waals surface area contributed by atoms with Crippen LogP contribution in [0.25, 0.3) is 4.96 Å². The minimum Gasteiger partial charge on any atom is -0.379 e. The van der Waals surface area contributed by atoms with Crippen LogP contribution in [0.5, 0.6) is 0 Å². The zero-order chi connectivity index (χ0) is 18.7. The molecule has 0 aliphatic rings. The van der Waals surface area contributed by atoms with Crippen LogP contribution in [0, 0.1) is 13.8 Å². The first-order valence-corrected chi connectivity index (χ1v) is 9.47. The Morgan fingerprint density at radius 3 is 2.81 bits per heavy atom. The summed E-state index contributed by atoms with van der Waals surface area (Å²) in [6.07, 6.45) is 1.32. The van der Waals surface area contributed by atoms with Crippen LogP contribution in [0.2, 0.25) is 0 Å². The minimum atomic E-state index is -0.0668. The molecule has 136 valence electrons. The fourth-order valence-electron chi connectivity index (χ4n) is 2.78. The van der Waals surface area contributed by atoms with Crippen LogP contribution in [0.4, 0.5) is 11.4 Å². The third kappa shape index (κ3) is 3.77. The van der Waals surface area contributed by atoms with E-state index in [9.17, 15) is 9.59 Å². The number of thiazole rings is 1. The number of carbonyl (C=O) groups is 1. The summed E-state index contributed by atoms with van der Waals surface area (Å²) in [7, 11) is 0. The lowest BCUT2D eigenvalue weighted by molar-refractivity contribution is -0.116. The molecule has 1 amide bonds. The first-order chi connectivity index (χ1) is 12.5. The van der Waals surface area contributed by atoms with Crippen LogP contribution in [0.1, 0.15) is 36.7 Å². The Morgan fingerprint density at radius 2 is 2.04 bits per heavy atom. The fraction of sp³-hybridized carbons (Fsp3) is 0.316. The van der Waals surface area contributed by atoms with Crippen molar-refractivity contribution in [1.29, 1.82) is 0 Å². The predicted molar refractivity (Wildman–Crippen MR) is 106 cm³/mol. The lowest BCUT2D eigenvalue weighted by Gasteiger charge is -2.14.